The summed E-state index contributed by atoms with van der Waals surface area (Å²) < 4.78 is 0. The van der Waals surface area contributed by atoms with Gasteiger partial charge in [0, 0.05) is 18.3 Å². The second-order valence-corrected chi connectivity index (χ2v) is 4.04. The van der Waals surface area contributed by atoms with Crippen molar-refractivity contribution in [2.45, 2.75) is 40.2 Å². The van der Waals surface area contributed by atoms with Gasteiger partial charge in [-0.15, -0.1) is 0 Å². The second-order valence-electron chi connectivity index (χ2n) is 4.04. The van der Waals surface area contributed by atoms with Gasteiger partial charge in [0.1, 0.15) is 0 Å². The van der Waals surface area contributed by atoms with Crippen LogP contribution >= 0.6 is 0 Å². The Morgan fingerprint density at radius 1 is 1.47 bits per heavy atom. The second kappa shape index (κ2) is 5.61. The molecule has 0 aliphatic rings. The summed E-state index contributed by atoms with van der Waals surface area (Å²) in [7, 11) is 0. The predicted octanol–water partition coefficient (Wildman–Crippen LogP) is 2.11. The van der Waals surface area contributed by atoms with Crippen LogP contribution in [0.1, 0.15) is 43.4 Å². The van der Waals surface area contributed by atoms with Gasteiger partial charge in [-0.3, -0.25) is 0 Å². The zero-order valence-electron chi connectivity index (χ0n) is 10.8. The van der Waals surface area contributed by atoms with Crippen LogP contribution in [0, 0.1) is 6.92 Å². The number of hydrogen-bond acceptors (Lipinski definition) is 4. The zero-order valence-corrected chi connectivity index (χ0v) is 10.8. The number of aromatic nitrogens is 2. The third-order valence-electron chi connectivity index (χ3n) is 2.78. The lowest BCUT2D eigenvalue weighted by molar-refractivity contribution is 0.0690. The van der Waals surface area contributed by atoms with Crippen LogP contribution in [0.5, 0.6) is 0 Å². The minimum atomic E-state index is -1.02. The summed E-state index contributed by atoms with van der Waals surface area (Å²) in [5.74, 6) is -0.517. The molecule has 0 spiro atoms. The van der Waals surface area contributed by atoms with Crippen LogP contribution in [-0.4, -0.2) is 33.6 Å². The number of aromatic carboxylic acids is 1. The monoisotopic (exact) mass is 237 g/mol. The first-order valence-electron chi connectivity index (χ1n) is 5.85. The minimum absolute atomic E-state index is 0.0502. The molecule has 1 aromatic rings. The highest BCUT2D eigenvalue weighted by Gasteiger charge is 2.16. The first-order valence-corrected chi connectivity index (χ1v) is 5.85. The maximum Gasteiger partial charge on any atom is 0.354 e. The van der Waals surface area contributed by atoms with Crippen molar-refractivity contribution in [3.63, 3.8) is 0 Å². The summed E-state index contributed by atoms with van der Waals surface area (Å²) in [6, 6.07) is 1.78. The van der Waals surface area contributed by atoms with Gasteiger partial charge < -0.3 is 10.0 Å². The average molecular weight is 237 g/mol. The molecule has 0 amide bonds. The van der Waals surface area contributed by atoms with Crippen LogP contribution in [-0.2, 0) is 0 Å². The Bertz CT molecular complexity index is 407. The molecule has 1 heterocycles. The SMILES string of the molecule is CCC(C)N(CC)c1nc(C)cc(C(=O)O)n1. The fraction of sp³-hybridized carbons (Fsp3) is 0.583. The Hall–Kier alpha value is -1.65. The quantitative estimate of drug-likeness (QED) is 0.849. The molecule has 0 saturated heterocycles. The van der Waals surface area contributed by atoms with E-state index >= 15 is 0 Å². The van der Waals surface area contributed by atoms with Crippen molar-refractivity contribution >= 4 is 11.9 Å². The third-order valence-corrected chi connectivity index (χ3v) is 2.78. The Morgan fingerprint density at radius 3 is 2.59 bits per heavy atom. The van der Waals surface area contributed by atoms with Crippen molar-refractivity contribution < 1.29 is 9.90 Å². The topological polar surface area (TPSA) is 66.3 Å². The van der Waals surface area contributed by atoms with Gasteiger partial charge in [0.25, 0.3) is 0 Å². The molecule has 0 aromatic carbocycles. The van der Waals surface area contributed by atoms with Crippen molar-refractivity contribution in [2.24, 2.45) is 0 Å². The van der Waals surface area contributed by atoms with E-state index in [2.05, 4.69) is 23.8 Å². The van der Waals surface area contributed by atoms with Crippen LogP contribution in [0.2, 0.25) is 0 Å². The molecule has 0 radical (unpaired) electrons. The number of anilines is 1. The Morgan fingerprint density at radius 2 is 2.12 bits per heavy atom. The van der Waals surface area contributed by atoms with E-state index in [0.717, 1.165) is 13.0 Å². The predicted molar refractivity (Wildman–Crippen MR) is 66.5 cm³/mol. The van der Waals surface area contributed by atoms with Crippen LogP contribution < -0.4 is 4.90 Å². The molecule has 0 bridgehead atoms. The van der Waals surface area contributed by atoms with Crippen molar-refractivity contribution in [3.05, 3.63) is 17.5 Å². The highest BCUT2D eigenvalue weighted by atomic mass is 16.4. The standard InChI is InChI=1S/C12H19N3O2/c1-5-9(4)15(6-2)12-13-8(3)7-10(14-12)11(16)17/h7,9H,5-6H2,1-4H3,(H,16,17). The molecular weight excluding hydrogens is 218 g/mol. The molecule has 1 unspecified atom stereocenters. The molecular formula is C12H19N3O2. The Kier molecular flexibility index (Phi) is 4.43. The summed E-state index contributed by atoms with van der Waals surface area (Å²) in [6.07, 6.45) is 0.966. The van der Waals surface area contributed by atoms with Crippen molar-refractivity contribution in [2.75, 3.05) is 11.4 Å². The van der Waals surface area contributed by atoms with Gasteiger partial charge in [-0.25, -0.2) is 14.8 Å². The van der Waals surface area contributed by atoms with E-state index in [1.54, 1.807) is 6.92 Å². The largest absolute Gasteiger partial charge is 0.477 e. The summed E-state index contributed by atoms with van der Waals surface area (Å²) in [5, 5.41) is 8.98. The van der Waals surface area contributed by atoms with Gasteiger partial charge in [0.2, 0.25) is 5.95 Å². The van der Waals surface area contributed by atoms with Gasteiger partial charge in [0.05, 0.1) is 0 Å². The van der Waals surface area contributed by atoms with E-state index in [1.807, 2.05) is 11.8 Å². The molecule has 5 nitrogen and oxygen atoms in total. The van der Waals surface area contributed by atoms with Gasteiger partial charge in [-0.1, -0.05) is 6.92 Å². The maximum atomic E-state index is 10.9. The minimum Gasteiger partial charge on any atom is -0.477 e. The first kappa shape index (κ1) is 13.4. The molecule has 0 aliphatic carbocycles. The lowest BCUT2D eigenvalue weighted by atomic mass is 10.2. The van der Waals surface area contributed by atoms with Crippen molar-refractivity contribution in [3.8, 4) is 0 Å². The number of carboxylic acid groups (broad SMARTS) is 1. The van der Waals surface area contributed by atoms with E-state index < -0.39 is 5.97 Å². The van der Waals surface area contributed by atoms with Crippen LogP contribution in [0.25, 0.3) is 0 Å². The van der Waals surface area contributed by atoms with Gasteiger partial charge >= 0.3 is 5.97 Å². The van der Waals surface area contributed by atoms with E-state index in [4.69, 9.17) is 5.11 Å². The van der Waals surface area contributed by atoms with E-state index in [0.29, 0.717) is 17.7 Å². The summed E-state index contributed by atoms with van der Waals surface area (Å²) in [5.41, 5.74) is 0.725. The number of carbonyl (C=O) groups is 1. The highest BCUT2D eigenvalue weighted by Crippen LogP contribution is 2.14. The summed E-state index contributed by atoms with van der Waals surface area (Å²) in [4.78, 5) is 21.4. The molecule has 5 heteroatoms. The summed E-state index contributed by atoms with van der Waals surface area (Å²) in [6.45, 7) is 8.72. The smallest absolute Gasteiger partial charge is 0.354 e. The van der Waals surface area contributed by atoms with E-state index in [9.17, 15) is 4.79 Å². The fourth-order valence-electron chi connectivity index (χ4n) is 1.66. The van der Waals surface area contributed by atoms with Crippen molar-refractivity contribution in [1.29, 1.82) is 0 Å². The Labute approximate surface area is 102 Å². The van der Waals surface area contributed by atoms with Crippen LogP contribution in [0.3, 0.4) is 0 Å². The lowest BCUT2D eigenvalue weighted by Gasteiger charge is -2.27. The molecule has 94 valence electrons. The number of aryl methyl sites for hydroxylation is 1. The lowest BCUT2D eigenvalue weighted by Crippen LogP contribution is -2.34. The van der Waals surface area contributed by atoms with Crippen LogP contribution in [0.4, 0.5) is 5.95 Å². The molecule has 17 heavy (non-hydrogen) atoms. The van der Waals surface area contributed by atoms with Gasteiger partial charge in [-0.2, -0.15) is 0 Å². The molecule has 1 atom stereocenters. The normalized spacial score (nSPS) is 12.2. The molecule has 1 N–H and O–H groups in total. The van der Waals surface area contributed by atoms with Crippen molar-refractivity contribution in [1.82, 2.24) is 9.97 Å². The van der Waals surface area contributed by atoms with E-state index in [1.165, 1.54) is 6.07 Å². The van der Waals surface area contributed by atoms with E-state index in [-0.39, 0.29) is 5.69 Å². The number of carboxylic acids is 1. The van der Waals surface area contributed by atoms with Gasteiger partial charge in [-0.05, 0) is 33.3 Å². The summed E-state index contributed by atoms with van der Waals surface area (Å²) >= 11 is 0. The molecule has 0 saturated carbocycles. The number of nitrogens with zero attached hydrogens (tertiary/aromatic N) is 3. The molecule has 0 fully saturated rings. The average Bonchev–Trinajstić information content (AvgIpc) is 2.28. The maximum absolute atomic E-state index is 10.9. The Balaban J connectivity index is 3.15. The number of rotatable bonds is 5. The number of hydrogen-bond donors (Lipinski definition) is 1. The highest BCUT2D eigenvalue weighted by molar-refractivity contribution is 5.85. The third kappa shape index (κ3) is 3.15. The zero-order chi connectivity index (χ0) is 13.0. The fourth-order valence-corrected chi connectivity index (χ4v) is 1.66. The molecule has 1 rings (SSSR count). The van der Waals surface area contributed by atoms with Gasteiger partial charge in [0.15, 0.2) is 5.69 Å². The molecule has 0 aliphatic heterocycles. The molecule has 1 aromatic heterocycles. The first-order chi connectivity index (χ1) is 7.99. The van der Waals surface area contributed by atoms with Crippen LogP contribution in [0.15, 0.2) is 6.07 Å².